The zero-order valence-corrected chi connectivity index (χ0v) is 18.5. The molecule has 31 heavy (non-hydrogen) atoms. The Labute approximate surface area is 183 Å². The van der Waals surface area contributed by atoms with Gasteiger partial charge in [0.15, 0.2) is 0 Å². The van der Waals surface area contributed by atoms with E-state index in [4.69, 9.17) is 4.74 Å². The summed E-state index contributed by atoms with van der Waals surface area (Å²) >= 11 is 0. The van der Waals surface area contributed by atoms with Crippen LogP contribution in [0.15, 0.2) is 65.3 Å². The van der Waals surface area contributed by atoms with Crippen LogP contribution < -0.4 is 16.0 Å². The molecule has 164 valence electrons. The molecule has 0 saturated heterocycles. The number of ether oxygens (including phenoxy) is 1. The zero-order chi connectivity index (χ0) is 22.6. The lowest BCUT2D eigenvalue weighted by molar-refractivity contribution is 0.0869. The SMILES string of the molecule is C=N/C=C\C(NC(=O)c1cnc(NCCOC(C)C)nc1)=C(/C)Nc1ccc(C)cc1. The molecule has 1 amide bonds. The minimum Gasteiger partial charge on any atom is -0.377 e. The molecule has 0 aliphatic carbocycles. The van der Waals surface area contributed by atoms with E-state index in [1.165, 1.54) is 24.2 Å². The topological polar surface area (TPSA) is 101 Å². The number of benzene rings is 1. The van der Waals surface area contributed by atoms with Crippen LogP contribution >= 0.6 is 0 Å². The number of aryl methyl sites for hydroxylation is 1. The first-order valence-electron chi connectivity index (χ1n) is 10.0. The monoisotopic (exact) mass is 422 g/mol. The van der Waals surface area contributed by atoms with Crippen LogP contribution in [0.5, 0.6) is 0 Å². The Hall–Kier alpha value is -3.52. The molecule has 0 unspecified atom stereocenters. The van der Waals surface area contributed by atoms with E-state index in [9.17, 15) is 4.79 Å². The maximum Gasteiger partial charge on any atom is 0.258 e. The molecule has 0 fully saturated rings. The molecule has 0 spiro atoms. The largest absolute Gasteiger partial charge is 0.377 e. The molecule has 1 aromatic carbocycles. The van der Waals surface area contributed by atoms with Crippen molar-refractivity contribution in [2.75, 3.05) is 23.8 Å². The third-order valence-corrected chi connectivity index (χ3v) is 4.13. The number of anilines is 2. The van der Waals surface area contributed by atoms with Crippen LogP contribution in [0.1, 0.15) is 36.7 Å². The summed E-state index contributed by atoms with van der Waals surface area (Å²) in [5.41, 5.74) is 3.73. The number of carbonyl (C=O) groups is 1. The number of hydrogen-bond donors (Lipinski definition) is 3. The highest BCUT2D eigenvalue weighted by Crippen LogP contribution is 2.14. The van der Waals surface area contributed by atoms with Crippen molar-refractivity contribution in [2.45, 2.75) is 33.8 Å². The fourth-order valence-corrected chi connectivity index (χ4v) is 2.50. The van der Waals surface area contributed by atoms with Crippen LogP contribution in [-0.2, 0) is 4.74 Å². The van der Waals surface area contributed by atoms with Gasteiger partial charge >= 0.3 is 0 Å². The summed E-state index contributed by atoms with van der Waals surface area (Å²) in [5, 5.41) is 9.20. The fourth-order valence-electron chi connectivity index (χ4n) is 2.50. The summed E-state index contributed by atoms with van der Waals surface area (Å²) in [5.74, 6) is 0.108. The van der Waals surface area contributed by atoms with Crippen molar-refractivity contribution in [1.82, 2.24) is 15.3 Å². The fraction of sp³-hybridized carbons (Fsp3) is 0.304. The van der Waals surface area contributed by atoms with Crippen LogP contribution in [-0.4, -0.2) is 41.8 Å². The van der Waals surface area contributed by atoms with Gasteiger partial charge in [-0.1, -0.05) is 17.7 Å². The number of nitrogens with one attached hydrogen (secondary N) is 3. The van der Waals surface area contributed by atoms with Gasteiger partial charge in [-0.05, 0) is 52.6 Å². The number of carbonyl (C=O) groups excluding carboxylic acids is 1. The first-order chi connectivity index (χ1) is 14.9. The second-order valence-corrected chi connectivity index (χ2v) is 7.12. The van der Waals surface area contributed by atoms with Crippen molar-refractivity contribution in [1.29, 1.82) is 0 Å². The molecule has 2 rings (SSSR count). The minimum atomic E-state index is -0.330. The van der Waals surface area contributed by atoms with E-state index in [1.54, 1.807) is 6.08 Å². The Morgan fingerprint density at radius 1 is 1.23 bits per heavy atom. The molecule has 1 heterocycles. The van der Waals surface area contributed by atoms with Gasteiger partial charge in [-0.3, -0.25) is 9.79 Å². The molecule has 0 aliphatic rings. The van der Waals surface area contributed by atoms with Crippen molar-refractivity contribution in [3.63, 3.8) is 0 Å². The van der Waals surface area contributed by atoms with Gasteiger partial charge in [-0.25, -0.2) is 9.97 Å². The Kier molecular flexibility index (Phi) is 9.38. The van der Waals surface area contributed by atoms with Crippen LogP contribution in [0.2, 0.25) is 0 Å². The molecular weight excluding hydrogens is 392 g/mol. The van der Waals surface area contributed by atoms with Crippen molar-refractivity contribution >= 4 is 24.3 Å². The molecule has 0 radical (unpaired) electrons. The third kappa shape index (κ3) is 8.39. The average molecular weight is 423 g/mol. The lowest BCUT2D eigenvalue weighted by Gasteiger charge is -2.13. The van der Waals surface area contributed by atoms with Crippen molar-refractivity contribution in [3.05, 3.63) is 71.5 Å². The lowest BCUT2D eigenvalue weighted by Crippen LogP contribution is -2.24. The Bertz CT molecular complexity index is 918. The van der Waals surface area contributed by atoms with Crippen molar-refractivity contribution in [2.24, 2.45) is 4.99 Å². The van der Waals surface area contributed by atoms with Gasteiger partial charge in [0.2, 0.25) is 5.95 Å². The Morgan fingerprint density at radius 3 is 2.52 bits per heavy atom. The molecule has 0 bridgehead atoms. The number of allylic oxidation sites excluding steroid dienone is 2. The number of aromatic nitrogens is 2. The second-order valence-electron chi connectivity index (χ2n) is 7.12. The van der Waals surface area contributed by atoms with Gasteiger partial charge in [0.1, 0.15) is 0 Å². The van der Waals surface area contributed by atoms with E-state index in [0.29, 0.717) is 30.4 Å². The van der Waals surface area contributed by atoms with Crippen LogP contribution in [0.3, 0.4) is 0 Å². The van der Waals surface area contributed by atoms with E-state index in [1.807, 2.05) is 52.0 Å². The van der Waals surface area contributed by atoms with Gasteiger partial charge in [0.05, 0.1) is 24.0 Å². The Balaban J connectivity index is 2.05. The first-order valence-corrected chi connectivity index (χ1v) is 10.0. The summed E-state index contributed by atoms with van der Waals surface area (Å²) in [6.45, 7) is 12.4. The number of hydrogen-bond acceptors (Lipinski definition) is 7. The zero-order valence-electron chi connectivity index (χ0n) is 18.5. The van der Waals surface area contributed by atoms with Crippen molar-refractivity contribution in [3.8, 4) is 0 Å². The van der Waals surface area contributed by atoms with Crippen molar-refractivity contribution < 1.29 is 9.53 Å². The molecule has 3 N–H and O–H groups in total. The van der Waals surface area contributed by atoms with E-state index in [0.717, 1.165) is 11.4 Å². The molecule has 0 saturated carbocycles. The molecular formula is C23H30N6O2. The van der Waals surface area contributed by atoms with Gasteiger partial charge in [0, 0.05) is 36.5 Å². The maximum absolute atomic E-state index is 12.7. The van der Waals surface area contributed by atoms with E-state index in [-0.39, 0.29) is 12.0 Å². The number of amides is 1. The highest BCUT2D eigenvalue weighted by molar-refractivity contribution is 5.95. The molecule has 2 aromatic rings. The van der Waals surface area contributed by atoms with Gasteiger partial charge in [-0.2, -0.15) is 0 Å². The maximum atomic E-state index is 12.7. The molecule has 0 aliphatic heterocycles. The second kappa shape index (κ2) is 12.2. The minimum absolute atomic E-state index is 0.172. The third-order valence-electron chi connectivity index (χ3n) is 4.13. The van der Waals surface area contributed by atoms with Gasteiger partial charge in [-0.15, -0.1) is 0 Å². The van der Waals surface area contributed by atoms with Crippen LogP contribution in [0, 0.1) is 6.92 Å². The quantitative estimate of drug-likeness (QED) is 0.288. The predicted molar refractivity (Wildman–Crippen MR) is 125 cm³/mol. The molecule has 8 heteroatoms. The number of rotatable bonds is 11. The van der Waals surface area contributed by atoms with Gasteiger partial charge < -0.3 is 20.7 Å². The van der Waals surface area contributed by atoms with Gasteiger partial charge in [0.25, 0.3) is 5.91 Å². The summed E-state index contributed by atoms with van der Waals surface area (Å²) in [4.78, 5) is 24.8. The summed E-state index contributed by atoms with van der Waals surface area (Å²) in [7, 11) is 0. The average Bonchev–Trinajstić information content (AvgIpc) is 2.75. The normalized spacial score (nSPS) is 11.9. The summed E-state index contributed by atoms with van der Waals surface area (Å²) in [6.07, 6.45) is 6.31. The molecule has 8 nitrogen and oxygen atoms in total. The first kappa shape index (κ1) is 23.8. The smallest absolute Gasteiger partial charge is 0.258 e. The summed E-state index contributed by atoms with van der Waals surface area (Å²) in [6, 6.07) is 7.97. The standard InChI is InChI=1S/C23H30N6O2/c1-16(2)31-13-12-25-23-26-14-19(15-27-23)22(30)29-21(10-11-24-5)18(4)28-20-8-6-17(3)7-9-20/h6-11,14-16,28H,5,12-13H2,1-4H3,(H,29,30)(H,25,26,27)/b11-10-,21-18-. The van der Waals surface area contributed by atoms with Crippen LogP contribution in [0.4, 0.5) is 11.6 Å². The highest BCUT2D eigenvalue weighted by Gasteiger charge is 2.10. The summed E-state index contributed by atoms with van der Waals surface area (Å²) < 4.78 is 5.46. The van der Waals surface area contributed by atoms with Crippen LogP contribution in [0.25, 0.3) is 0 Å². The van der Waals surface area contributed by atoms with E-state index < -0.39 is 0 Å². The predicted octanol–water partition coefficient (Wildman–Crippen LogP) is 3.91. The lowest BCUT2D eigenvalue weighted by atomic mass is 10.2. The van der Waals surface area contributed by atoms with E-state index >= 15 is 0 Å². The number of aliphatic imine (C=N–C) groups is 1. The van der Waals surface area contributed by atoms with E-state index in [2.05, 4.69) is 37.6 Å². The highest BCUT2D eigenvalue weighted by atomic mass is 16.5. The molecule has 0 atom stereocenters. The Morgan fingerprint density at radius 2 is 1.90 bits per heavy atom. The number of nitrogens with zero attached hydrogens (tertiary/aromatic N) is 3. The molecule has 1 aromatic heterocycles.